The number of unbranched alkanes of at least 4 members (excludes halogenated alkanes) is 9. The molecular weight excluding hydrogens is 268 g/mol. The summed E-state index contributed by atoms with van der Waals surface area (Å²) in [7, 11) is 0. The molecule has 0 bridgehead atoms. The van der Waals surface area contributed by atoms with Gasteiger partial charge in [-0.2, -0.15) is 0 Å². The monoisotopic (exact) mass is 306 g/mol. The van der Waals surface area contributed by atoms with Gasteiger partial charge in [-0.3, -0.25) is 4.79 Å². The van der Waals surface area contributed by atoms with Crippen molar-refractivity contribution in [1.82, 2.24) is 0 Å². The van der Waals surface area contributed by atoms with Crippen LogP contribution in [0.4, 0.5) is 0 Å². The summed E-state index contributed by atoms with van der Waals surface area (Å²) in [4.78, 5) is 11.8. The zero-order chi connectivity index (χ0) is 16.6. The fourth-order valence-electron chi connectivity index (χ4n) is 2.49. The van der Waals surface area contributed by atoms with Crippen molar-refractivity contribution in [2.24, 2.45) is 5.92 Å². The summed E-state index contributed by atoms with van der Waals surface area (Å²) in [5.41, 5.74) is 0.791. The standard InChI is InChI=1S/C21H38O/c1-5-6-7-8-9-10-11-12-13-14-15-16-17-18-21(22)20(4)19(2)3/h12-13,19H,4-11,14-18H2,1-3H3/b13-12-. The highest BCUT2D eigenvalue weighted by Gasteiger charge is 2.09. The molecule has 0 aliphatic carbocycles. The van der Waals surface area contributed by atoms with Gasteiger partial charge in [-0.15, -0.1) is 0 Å². The largest absolute Gasteiger partial charge is 0.295 e. The lowest BCUT2D eigenvalue weighted by molar-refractivity contribution is -0.116. The molecule has 0 atom stereocenters. The van der Waals surface area contributed by atoms with Crippen molar-refractivity contribution >= 4 is 5.78 Å². The molecule has 0 amide bonds. The lowest BCUT2D eigenvalue weighted by Gasteiger charge is -2.07. The zero-order valence-electron chi connectivity index (χ0n) is 15.3. The highest BCUT2D eigenvalue weighted by Crippen LogP contribution is 2.13. The minimum absolute atomic E-state index is 0.258. The van der Waals surface area contributed by atoms with E-state index in [9.17, 15) is 4.79 Å². The first-order valence-electron chi connectivity index (χ1n) is 9.46. The molecule has 0 heterocycles. The van der Waals surface area contributed by atoms with Gasteiger partial charge >= 0.3 is 0 Å². The Morgan fingerprint density at radius 1 is 0.864 bits per heavy atom. The number of Topliss-reactive ketones (excluding diaryl/α,β-unsaturated/α-hetero) is 1. The van der Waals surface area contributed by atoms with Crippen LogP contribution in [0, 0.1) is 5.92 Å². The lowest BCUT2D eigenvalue weighted by Crippen LogP contribution is -2.06. The fourth-order valence-corrected chi connectivity index (χ4v) is 2.49. The second-order valence-electron chi connectivity index (χ2n) is 6.73. The maximum atomic E-state index is 11.8. The summed E-state index contributed by atoms with van der Waals surface area (Å²) in [6.45, 7) is 10.2. The highest BCUT2D eigenvalue weighted by molar-refractivity contribution is 5.94. The van der Waals surface area contributed by atoms with E-state index in [1.54, 1.807) is 0 Å². The molecule has 0 aliphatic heterocycles. The van der Waals surface area contributed by atoms with Gasteiger partial charge in [0, 0.05) is 6.42 Å². The van der Waals surface area contributed by atoms with Crippen molar-refractivity contribution in [1.29, 1.82) is 0 Å². The summed E-state index contributed by atoms with van der Waals surface area (Å²) < 4.78 is 0. The van der Waals surface area contributed by atoms with Gasteiger partial charge in [-0.25, -0.2) is 0 Å². The quantitative estimate of drug-likeness (QED) is 0.180. The van der Waals surface area contributed by atoms with Crippen LogP contribution in [-0.4, -0.2) is 5.78 Å². The van der Waals surface area contributed by atoms with Crippen molar-refractivity contribution < 1.29 is 4.79 Å². The Morgan fingerprint density at radius 3 is 1.91 bits per heavy atom. The second kappa shape index (κ2) is 15.1. The van der Waals surface area contributed by atoms with Gasteiger partial charge in [-0.1, -0.05) is 78.0 Å². The highest BCUT2D eigenvalue weighted by atomic mass is 16.1. The smallest absolute Gasteiger partial charge is 0.158 e. The summed E-state index contributed by atoms with van der Waals surface area (Å²) in [6, 6.07) is 0. The van der Waals surface area contributed by atoms with E-state index in [2.05, 4.69) is 25.7 Å². The van der Waals surface area contributed by atoms with Crippen molar-refractivity contribution in [2.75, 3.05) is 0 Å². The first kappa shape index (κ1) is 21.1. The molecule has 0 aromatic heterocycles. The number of hydrogen-bond acceptors (Lipinski definition) is 1. The van der Waals surface area contributed by atoms with Crippen molar-refractivity contribution in [3.63, 3.8) is 0 Å². The third kappa shape index (κ3) is 12.9. The average Bonchev–Trinajstić information content (AvgIpc) is 2.50. The van der Waals surface area contributed by atoms with Crippen LogP contribution in [0.25, 0.3) is 0 Å². The molecule has 0 saturated heterocycles. The molecular formula is C21H38O. The minimum Gasteiger partial charge on any atom is -0.295 e. The Bertz CT molecular complexity index is 312. The maximum Gasteiger partial charge on any atom is 0.158 e. The maximum absolute atomic E-state index is 11.8. The van der Waals surface area contributed by atoms with E-state index < -0.39 is 0 Å². The molecule has 0 unspecified atom stereocenters. The molecule has 0 aliphatic rings. The second-order valence-corrected chi connectivity index (χ2v) is 6.73. The molecule has 1 nitrogen and oxygen atoms in total. The topological polar surface area (TPSA) is 17.1 Å². The van der Waals surface area contributed by atoms with E-state index in [4.69, 9.17) is 0 Å². The average molecular weight is 307 g/mol. The predicted octanol–water partition coefficient (Wildman–Crippen LogP) is 7.03. The Labute approximate surface area is 139 Å². The molecule has 0 saturated carbocycles. The van der Waals surface area contributed by atoms with Crippen LogP contribution in [0.3, 0.4) is 0 Å². The first-order chi connectivity index (χ1) is 10.6. The molecule has 0 spiro atoms. The van der Waals surface area contributed by atoms with Gasteiger partial charge in [0.05, 0.1) is 0 Å². The van der Waals surface area contributed by atoms with Crippen LogP contribution in [0.15, 0.2) is 24.3 Å². The van der Waals surface area contributed by atoms with Crippen LogP contribution < -0.4 is 0 Å². The predicted molar refractivity (Wildman–Crippen MR) is 99.2 cm³/mol. The first-order valence-corrected chi connectivity index (χ1v) is 9.46. The van der Waals surface area contributed by atoms with E-state index in [-0.39, 0.29) is 11.7 Å². The number of allylic oxidation sites excluding steroid dienone is 3. The third-order valence-corrected chi connectivity index (χ3v) is 4.22. The van der Waals surface area contributed by atoms with E-state index in [1.807, 2.05) is 13.8 Å². The Balaban J connectivity index is 3.34. The molecule has 128 valence electrons. The van der Waals surface area contributed by atoms with Crippen molar-refractivity contribution in [3.05, 3.63) is 24.3 Å². The van der Waals surface area contributed by atoms with Crippen molar-refractivity contribution in [3.8, 4) is 0 Å². The molecule has 0 radical (unpaired) electrons. The lowest BCUT2D eigenvalue weighted by atomic mass is 9.97. The Hall–Kier alpha value is -0.850. The van der Waals surface area contributed by atoms with Crippen LogP contribution >= 0.6 is 0 Å². The van der Waals surface area contributed by atoms with Gasteiger partial charge in [0.25, 0.3) is 0 Å². The Morgan fingerprint density at radius 2 is 1.36 bits per heavy atom. The number of hydrogen-bond donors (Lipinski definition) is 0. The SMILES string of the molecule is C=C(C(=O)CCCCC/C=C\CCCCCCCC)C(C)C. The molecule has 0 aromatic carbocycles. The zero-order valence-corrected chi connectivity index (χ0v) is 15.3. The molecule has 0 rings (SSSR count). The number of ketones is 1. The van der Waals surface area contributed by atoms with Gasteiger partial charge in [0.15, 0.2) is 5.78 Å². The van der Waals surface area contributed by atoms with Gasteiger partial charge in [-0.05, 0) is 43.6 Å². The van der Waals surface area contributed by atoms with Crippen LogP contribution in [0.1, 0.15) is 97.8 Å². The number of rotatable bonds is 15. The molecule has 22 heavy (non-hydrogen) atoms. The van der Waals surface area contributed by atoms with E-state index in [0.29, 0.717) is 6.42 Å². The normalized spacial score (nSPS) is 11.5. The van der Waals surface area contributed by atoms with Crippen LogP contribution in [-0.2, 0) is 4.79 Å². The summed E-state index contributed by atoms with van der Waals surface area (Å²) in [5.74, 6) is 0.547. The summed E-state index contributed by atoms with van der Waals surface area (Å²) in [6.07, 6.45) is 19.3. The number of carbonyl (C=O) groups is 1. The van der Waals surface area contributed by atoms with E-state index in [0.717, 1.165) is 24.8 Å². The molecule has 0 N–H and O–H groups in total. The third-order valence-electron chi connectivity index (χ3n) is 4.22. The number of carbonyl (C=O) groups excluding carboxylic acids is 1. The van der Waals surface area contributed by atoms with E-state index >= 15 is 0 Å². The van der Waals surface area contributed by atoms with Crippen LogP contribution in [0.2, 0.25) is 0 Å². The van der Waals surface area contributed by atoms with Crippen molar-refractivity contribution in [2.45, 2.75) is 97.8 Å². The fraction of sp³-hybridized carbons (Fsp3) is 0.762. The summed E-state index contributed by atoms with van der Waals surface area (Å²) >= 11 is 0. The minimum atomic E-state index is 0.258. The van der Waals surface area contributed by atoms with Gasteiger partial charge < -0.3 is 0 Å². The van der Waals surface area contributed by atoms with Crippen LogP contribution in [0.5, 0.6) is 0 Å². The van der Waals surface area contributed by atoms with Gasteiger partial charge in [0.2, 0.25) is 0 Å². The van der Waals surface area contributed by atoms with Gasteiger partial charge in [0.1, 0.15) is 0 Å². The molecule has 0 aromatic rings. The van der Waals surface area contributed by atoms with E-state index in [1.165, 1.54) is 51.4 Å². The summed E-state index contributed by atoms with van der Waals surface area (Å²) in [5, 5.41) is 0. The molecule has 0 fully saturated rings. The Kier molecular flexibility index (Phi) is 14.5. The molecule has 1 heteroatoms.